The van der Waals surface area contributed by atoms with E-state index in [2.05, 4.69) is 16.9 Å². The molecule has 1 aliphatic heterocycles. The Balaban J connectivity index is 2.03. The Bertz CT molecular complexity index is 520. The van der Waals surface area contributed by atoms with Crippen molar-refractivity contribution in [3.8, 4) is 12.3 Å². The number of alkyl halides is 3. The fourth-order valence-corrected chi connectivity index (χ4v) is 2.27. The van der Waals surface area contributed by atoms with E-state index in [1.807, 2.05) is 0 Å². The molecule has 0 N–H and O–H groups in total. The zero-order valence-electron chi connectivity index (χ0n) is 11.1. The molecule has 0 radical (unpaired) electrons. The van der Waals surface area contributed by atoms with Crippen LogP contribution < -0.4 is 0 Å². The van der Waals surface area contributed by atoms with Crippen LogP contribution >= 0.6 is 0 Å². The van der Waals surface area contributed by atoms with Crippen molar-refractivity contribution in [2.75, 3.05) is 19.6 Å². The lowest BCUT2D eigenvalue weighted by Gasteiger charge is -2.25. The predicted molar refractivity (Wildman–Crippen MR) is 73.9 cm³/mol. The molecule has 1 aromatic carbocycles. The molecule has 0 aliphatic carbocycles. The fourth-order valence-electron chi connectivity index (χ4n) is 2.27. The molecule has 1 aromatic rings. The van der Waals surface area contributed by atoms with E-state index in [1.54, 1.807) is 12.1 Å². The van der Waals surface area contributed by atoms with E-state index in [1.165, 1.54) is 0 Å². The van der Waals surface area contributed by atoms with Crippen LogP contribution in [0.3, 0.4) is 0 Å². The van der Waals surface area contributed by atoms with Crippen molar-refractivity contribution in [2.24, 2.45) is 0 Å². The predicted octanol–water partition coefficient (Wildman–Crippen LogP) is 3.82. The van der Waals surface area contributed by atoms with Gasteiger partial charge in [0.2, 0.25) is 0 Å². The van der Waals surface area contributed by atoms with E-state index in [-0.39, 0.29) is 0 Å². The summed E-state index contributed by atoms with van der Waals surface area (Å²) >= 11 is 0. The second-order valence-corrected chi connectivity index (χ2v) is 4.81. The maximum Gasteiger partial charge on any atom is 0.416 e. The number of hydrogen-bond acceptors (Lipinski definition) is 1. The van der Waals surface area contributed by atoms with Gasteiger partial charge in [-0.15, -0.1) is 12.3 Å². The second kappa shape index (κ2) is 6.15. The highest BCUT2D eigenvalue weighted by molar-refractivity contribution is 5.66. The Morgan fingerprint density at radius 1 is 1.20 bits per heavy atom. The van der Waals surface area contributed by atoms with E-state index in [0.29, 0.717) is 0 Å². The third-order valence-corrected chi connectivity index (χ3v) is 3.45. The molecule has 1 heterocycles. The SMILES string of the molecule is C#CCCN1CC=C(c2ccc(C(F)(F)F)cc2)CC1. The quantitative estimate of drug-likeness (QED) is 0.760. The van der Waals surface area contributed by atoms with Crippen molar-refractivity contribution in [2.45, 2.75) is 19.0 Å². The molecule has 1 aliphatic rings. The number of rotatable bonds is 3. The van der Waals surface area contributed by atoms with E-state index < -0.39 is 11.7 Å². The molecule has 4 heteroatoms. The van der Waals surface area contributed by atoms with Crippen LogP contribution in [0.25, 0.3) is 5.57 Å². The summed E-state index contributed by atoms with van der Waals surface area (Å²) in [4.78, 5) is 2.24. The van der Waals surface area contributed by atoms with Gasteiger partial charge in [-0.3, -0.25) is 4.90 Å². The Hall–Kier alpha value is -1.73. The van der Waals surface area contributed by atoms with Gasteiger partial charge in [-0.25, -0.2) is 0 Å². The van der Waals surface area contributed by atoms with Gasteiger partial charge in [0.25, 0.3) is 0 Å². The molecule has 0 atom stereocenters. The second-order valence-electron chi connectivity index (χ2n) is 4.81. The summed E-state index contributed by atoms with van der Waals surface area (Å²) in [5, 5.41) is 0. The highest BCUT2D eigenvalue weighted by Gasteiger charge is 2.30. The van der Waals surface area contributed by atoms with Gasteiger partial charge < -0.3 is 0 Å². The van der Waals surface area contributed by atoms with Crippen LogP contribution in [0.5, 0.6) is 0 Å². The summed E-state index contributed by atoms with van der Waals surface area (Å²) in [7, 11) is 0. The van der Waals surface area contributed by atoms with Gasteiger partial charge in [0.15, 0.2) is 0 Å². The summed E-state index contributed by atoms with van der Waals surface area (Å²) in [6, 6.07) is 5.37. The first-order valence-corrected chi connectivity index (χ1v) is 6.53. The number of benzene rings is 1. The maximum atomic E-state index is 12.5. The Morgan fingerprint density at radius 2 is 1.90 bits per heavy atom. The monoisotopic (exact) mass is 279 g/mol. The van der Waals surface area contributed by atoms with Crippen LogP contribution in [-0.4, -0.2) is 24.5 Å². The summed E-state index contributed by atoms with van der Waals surface area (Å²) < 4.78 is 37.5. The van der Waals surface area contributed by atoms with Gasteiger partial charge in [0.1, 0.15) is 0 Å². The van der Waals surface area contributed by atoms with Gasteiger partial charge in [-0.1, -0.05) is 18.2 Å². The minimum absolute atomic E-state index is 0.603. The molecule has 20 heavy (non-hydrogen) atoms. The Labute approximate surface area is 117 Å². The molecular weight excluding hydrogens is 263 g/mol. The van der Waals surface area contributed by atoms with Gasteiger partial charge in [-0.05, 0) is 29.7 Å². The summed E-state index contributed by atoms with van der Waals surface area (Å²) in [5.74, 6) is 2.61. The fraction of sp³-hybridized carbons (Fsp3) is 0.375. The molecule has 1 nitrogen and oxygen atoms in total. The van der Waals surface area contributed by atoms with Gasteiger partial charge in [-0.2, -0.15) is 13.2 Å². The third-order valence-electron chi connectivity index (χ3n) is 3.45. The molecule has 0 unspecified atom stereocenters. The van der Waals surface area contributed by atoms with Crippen molar-refractivity contribution in [1.82, 2.24) is 4.90 Å². The molecule has 0 amide bonds. The molecule has 0 saturated carbocycles. The number of nitrogens with zero attached hydrogens (tertiary/aromatic N) is 1. The van der Waals surface area contributed by atoms with Crippen molar-refractivity contribution in [1.29, 1.82) is 0 Å². The molecule has 0 aromatic heterocycles. The first-order valence-electron chi connectivity index (χ1n) is 6.53. The number of halogens is 3. The van der Waals surface area contributed by atoms with Crippen LogP contribution in [0.15, 0.2) is 30.3 Å². The van der Waals surface area contributed by atoms with Crippen LogP contribution in [0.2, 0.25) is 0 Å². The zero-order valence-corrected chi connectivity index (χ0v) is 11.1. The summed E-state index contributed by atoms with van der Waals surface area (Å²) in [6.07, 6.45) is 4.60. The molecule has 0 bridgehead atoms. The van der Waals surface area contributed by atoms with Gasteiger partial charge in [0, 0.05) is 26.1 Å². The first kappa shape index (κ1) is 14.7. The van der Waals surface area contributed by atoms with Crippen molar-refractivity contribution < 1.29 is 13.2 Å². The molecule has 106 valence electrons. The van der Waals surface area contributed by atoms with Gasteiger partial charge >= 0.3 is 6.18 Å². The van der Waals surface area contributed by atoms with Gasteiger partial charge in [0.05, 0.1) is 5.56 Å². The minimum Gasteiger partial charge on any atom is -0.298 e. The average Bonchev–Trinajstić information content (AvgIpc) is 2.45. The summed E-state index contributed by atoms with van der Waals surface area (Å²) in [5.41, 5.74) is 1.37. The topological polar surface area (TPSA) is 3.24 Å². The molecular formula is C16H16F3N. The van der Waals surface area contributed by atoms with E-state index in [9.17, 15) is 13.2 Å². The third kappa shape index (κ3) is 3.64. The summed E-state index contributed by atoms with van der Waals surface area (Å²) in [6.45, 7) is 2.57. The van der Waals surface area contributed by atoms with Crippen LogP contribution in [0.1, 0.15) is 24.0 Å². The lowest BCUT2D eigenvalue weighted by Crippen LogP contribution is -2.29. The van der Waals surface area contributed by atoms with Crippen LogP contribution in [0, 0.1) is 12.3 Å². The van der Waals surface area contributed by atoms with Crippen LogP contribution in [-0.2, 0) is 6.18 Å². The van der Waals surface area contributed by atoms with E-state index in [4.69, 9.17) is 6.42 Å². The number of terminal acetylenes is 1. The van der Waals surface area contributed by atoms with E-state index in [0.717, 1.165) is 55.7 Å². The van der Waals surface area contributed by atoms with E-state index >= 15 is 0 Å². The van der Waals surface area contributed by atoms with Crippen molar-refractivity contribution in [3.63, 3.8) is 0 Å². The normalized spacial score (nSPS) is 16.6. The highest BCUT2D eigenvalue weighted by atomic mass is 19.4. The maximum absolute atomic E-state index is 12.5. The Morgan fingerprint density at radius 3 is 2.40 bits per heavy atom. The molecule has 0 fully saturated rings. The molecule has 0 saturated heterocycles. The minimum atomic E-state index is -4.27. The smallest absolute Gasteiger partial charge is 0.298 e. The standard InChI is InChI=1S/C16H16F3N/c1-2-3-10-20-11-8-14(9-12-20)13-4-6-15(7-5-13)16(17,18)19/h1,4-8H,3,9-12H2. The first-order chi connectivity index (χ1) is 9.50. The lowest BCUT2D eigenvalue weighted by atomic mass is 9.98. The highest BCUT2D eigenvalue weighted by Crippen LogP contribution is 2.31. The largest absolute Gasteiger partial charge is 0.416 e. The number of hydrogen-bond donors (Lipinski definition) is 0. The van der Waals surface area contributed by atoms with Crippen molar-refractivity contribution in [3.05, 3.63) is 41.5 Å². The molecule has 0 spiro atoms. The average molecular weight is 279 g/mol. The molecule has 2 rings (SSSR count). The van der Waals surface area contributed by atoms with Crippen LogP contribution in [0.4, 0.5) is 13.2 Å². The lowest BCUT2D eigenvalue weighted by molar-refractivity contribution is -0.137. The zero-order chi connectivity index (χ0) is 14.6. The Kier molecular flexibility index (Phi) is 4.51. The van der Waals surface area contributed by atoms with Crippen molar-refractivity contribution >= 4 is 5.57 Å².